The predicted molar refractivity (Wildman–Crippen MR) is 85.7 cm³/mol. The molecule has 24 heavy (non-hydrogen) atoms. The summed E-state index contributed by atoms with van der Waals surface area (Å²) in [6.45, 7) is 4.79. The molecule has 3 rings (SSSR count). The number of carbonyl (C=O) groups is 2. The molecule has 0 aliphatic carbocycles. The van der Waals surface area contributed by atoms with Gasteiger partial charge in [-0.05, 0) is 38.3 Å². The molecule has 0 radical (unpaired) electrons. The predicted octanol–water partition coefficient (Wildman–Crippen LogP) is 2.17. The van der Waals surface area contributed by atoms with Crippen molar-refractivity contribution in [2.24, 2.45) is 0 Å². The van der Waals surface area contributed by atoms with E-state index in [1.165, 1.54) is 6.26 Å². The van der Waals surface area contributed by atoms with Gasteiger partial charge in [0.15, 0.2) is 5.76 Å². The lowest BCUT2D eigenvalue weighted by atomic mass is 10.0. The third kappa shape index (κ3) is 3.20. The molecule has 7 heteroatoms. The van der Waals surface area contributed by atoms with Gasteiger partial charge in [-0.15, -0.1) is 0 Å². The first-order valence-corrected chi connectivity index (χ1v) is 8.19. The minimum absolute atomic E-state index is 0.0934. The van der Waals surface area contributed by atoms with E-state index in [0.29, 0.717) is 42.3 Å². The van der Waals surface area contributed by atoms with Gasteiger partial charge in [-0.3, -0.25) is 9.59 Å². The summed E-state index contributed by atoms with van der Waals surface area (Å²) < 4.78 is 10.3. The Kier molecular flexibility index (Phi) is 4.69. The van der Waals surface area contributed by atoms with Crippen LogP contribution in [0, 0.1) is 6.92 Å². The largest absolute Gasteiger partial charge is 0.459 e. The highest BCUT2D eigenvalue weighted by Crippen LogP contribution is 2.17. The average Bonchev–Trinajstić information content (AvgIpc) is 3.23. The lowest BCUT2D eigenvalue weighted by Gasteiger charge is -2.32. The zero-order valence-corrected chi connectivity index (χ0v) is 13.9. The summed E-state index contributed by atoms with van der Waals surface area (Å²) in [4.78, 5) is 26.6. The molecule has 2 amide bonds. The van der Waals surface area contributed by atoms with E-state index in [9.17, 15) is 9.59 Å². The second-order valence-electron chi connectivity index (χ2n) is 5.96. The standard InChI is InChI=1S/C17H21N3O4/c1-3-13-15(11(2)24-19-13)16(21)18-12-6-4-8-20(10-12)17(22)14-7-5-9-23-14/h5,7,9,12H,3-4,6,8,10H2,1-2H3,(H,18,21)/t12-/m0/s1. The monoisotopic (exact) mass is 331 g/mol. The molecule has 1 N–H and O–H groups in total. The molecule has 0 saturated carbocycles. The van der Waals surface area contributed by atoms with Gasteiger partial charge in [0, 0.05) is 19.1 Å². The Hall–Kier alpha value is -2.57. The van der Waals surface area contributed by atoms with Crippen LogP contribution in [0.3, 0.4) is 0 Å². The van der Waals surface area contributed by atoms with Gasteiger partial charge < -0.3 is 19.2 Å². The maximum absolute atomic E-state index is 12.5. The van der Waals surface area contributed by atoms with Crippen molar-refractivity contribution in [1.29, 1.82) is 0 Å². The van der Waals surface area contributed by atoms with Crippen LogP contribution in [0.2, 0.25) is 0 Å². The fraction of sp³-hybridized carbons (Fsp3) is 0.471. The van der Waals surface area contributed by atoms with E-state index in [4.69, 9.17) is 8.94 Å². The number of carbonyl (C=O) groups excluding carboxylic acids is 2. The molecule has 1 atom stereocenters. The summed E-state index contributed by atoms with van der Waals surface area (Å²) >= 11 is 0. The van der Waals surface area contributed by atoms with E-state index in [0.717, 1.165) is 12.8 Å². The molecule has 128 valence electrons. The van der Waals surface area contributed by atoms with Crippen molar-refractivity contribution in [2.45, 2.75) is 39.2 Å². The van der Waals surface area contributed by atoms with Gasteiger partial charge in [0.2, 0.25) is 0 Å². The van der Waals surface area contributed by atoms with Gasteiger partial charge in [-0.25, -0.2) is 0 Å². The van der Waals surface area contributed by atoms with E-state index in [1.54, 1.807) is 24.0 Å². The number of furan rings is 1. The van der Waals surface area contributed by atoms with Crippen molar-refractivity contribution in [2.75, 3.05) is 13.1 Å². The third-order valence-electron chi connectivity index (χ3n) is 4.27. The first-order chi connectivity index (χ1) is 11.6. The molecule has 3 heterocycles. The van der Waals surface area contributed by atoms with Gasteiger partial charge in [-0.2, -0.15) is 0 Å². The van der Waals surface area contributed by atoms with E-state index in [-0.39, 0.29) is 17.9 Å². The van der Waals surface area contributed by atoms with Crippen LogP contribution in [-0.2, 0) is 6.42 Å². The maximum atomic E-state index is 12.5. The van der Waals surface area contributed by atoms with Crippen LogP contribution in [0.15, 0.2) is 27.3 Å². The van der Waals surface area contributed by atoms with Crippen LogP contribution in [0.1, 0.15) is 52.1 Å². The summed E-state index contributed by atoms with van der Waals surface area (Å²) in [6, 6.07) is 3.25. The summed E-state index contributed by atoms with van der Waals surface area (Å²) in [5.41, 5.74) is 1.16. The SMILES string of the molecule is CCc1noc(C)c1C(=O)N[C@H]1CCCN(C(=O)c2ccco2)C1. The van der Waals surface area contributed by atoms with Gasteiger partial charge >= 0.3 is 0 Å². The molecule has 0 bridgehead atoms. The number of amides is 2. The average molecular weight is 331 g/mol. The van der Waals surface area contributed by atoms with Gasteiger partial charge in [0.05, 0.1) is 12.0 Å². The molecule has 0 unspecified atom stereocenters. The molecule has 1 aliphatic rings. The number of rotatable bonds is 4. The first kappa shape index (κ1) is 16.3. The Morgan fingerprint density at radius 3 is 3.00 bits per heavy atom. The number of aromatic nitrogens is 1. The molecule has 1 aliphatic heterocycles. The number of likely N-dealkylation sites (tertiary alicyclic amines) is 1. The van der Waals surface area contributed by atoms with E-state index in [2.05, 4.69) is 10.5 Å². The minimum Gasteiger partial charge on any atom is -0.459 e. The zero-order valence-electron chi connectivity index (χ0n) is 13.9. The fourth-order valence-electron chi connectivity index (χ4n) is 3.04. The summed E-state index contributed by atoms with van der Waals surface area (Å²) in [5, 5.41) is 6.92. The smallest absolute Gasteiger partial charge is 0.289 e. The molecule has 7 nitrogen and oxygen atoms in total. The van der Waals surface area contributed by atoms with Crippen LogP contribution < -0.4 is 5.32 Å². The first-order valence-electron chi connectivity index (χ1n) is 8.19. The Morgan fingerprint density at radius 2 is 2.29 bits per heavy atom. The van der Waals surface area contributed by atoms with Gasteiger partial charge in [0.25, 0.3) is 11.8 Å². The highest BCUT2D eigenvalue weighted by Gasteiger charge is 2.28. The number of nitrogens with zero attached hydrogens (tertiary/aromatic N) is 2. The molecular weight excluding hydrogens is 310 g/mol. The lowest BCUT2D eigenvalue weighted by molar-refractivity contribution is 0.0646. The van der Waals surface area contributed by atoms with Crippen LogP contribution in [0.5, 0.6) is 0 Å². The van der Waals surface area contributed by atoms with Crippen LogP contribution in [0.25, 0.3) is 0 Å². The van der Waals surface area contributed by atoms with Crippen molar-refractivity contribution in [3.05, 3.63) is 41.2 Å². The highest BCUT2D eigenvalue weighted by molar-refractivity contribution is 5.96. The summed E-state index contributed by atoms with van der Waals surface area (Å²) in [6.07, 6.45) is 3.78. The van der Waals surface area contributed by atoms with E-state index >= 15 is 0 Å². The van der Waals surface area contributed by atoms with Crippen molar-refractivity contribution in [1.82, 2.24) is 15.4 Å². The Balaban J connectivity index is 1.66. The lowest BCUT2D eigenvalue weighted by Crippen LogP contribution is -2.49. The van der Waals surface area contributed by atoms with Crippen molar-refractivity contribution in [3.8, 4) is 0 Å². The van der Waals surface area contributed by atoms with Crippen molar-refractivity contribution < 1.29 is 18.5 Å². The number of nitrogens with one attached hydrogen (secondary N) is 1. The number of hydrogen-bond acceptors (Lipinski definition) is 5. The fourth-order valence-corrected chi connectivity index (χ4v) is 3.04. The van der Waals surface area contributed by atoms with Crippen molar-refractivity contribution in [3.63, 3.8) is 0 Å². The second-order valence-corrected chi connectivity index (χ2v) is 5.96. The molecule has 1 fully saturated rings. The van der Waals surface area contributed by atoms with Crippen LogP contribution in [0.4, 0.5) is 0 Å². The molecular formula is C17H21N3O4. The summed E-state index contributed by atoms with van der Waals surface area (Å²) in [5.74, 6) is 0.506. The number of piperidine rings is 1. The molecule has 2 aromatic rings. The van der Waals surface area contributed by atoms with Crippen LogP contribution in [-0.4, -0.2) is 41.0 Å². The minimum atomic E-state index is -0.192. The Morgan fingerprint density at radius 1 is 1.46 bits per heavy atom. The van der Waals surface area contributed by atoms with Crippen molar-refractivity contribution >= 4 is 11.8 Å². The van der Waals surface area contributed by atoms with E-state index in [1.807, 2.05) is 6.92 Å². The Labute approximate surface area is 140 Å². The topological polar surface area (TPSA) is 88.6 Å². The zero-order chi connectivity index (χ0) is 17.1. The van der Waals surface area contributed by atoms with Gasteiger partial charge in [-0.1, -0.05) is 12.1 Å². The number of hydrogen-bond donors (Lipinski definition) is 1. The Bertz CT molecular complexity index is 720. The van der Waals surface area contributed by atoms with E-state index < -0.39 is 0 Å². The molecule has 2 aromatic heterocycles. The maximum Gasteiger partial charge on any atom is 0.289 e. The van der Waals surface area contributed by atoms with Gasteiger partial charge in [0.1, 0.15) is 11.3 Å². The van der Waals surface area contributed by atoms with Crippen LogP contribution >= 0.6 is 0 Å². The molecule has 0 aromatic carbocycles. The summed E-state index contributed by atoms with van der Waals surface area (Å²) in [7, 11) is 0. The normalized spacial score (nSPS) is 17.8. The third-order valence-corrected chi connectivity index (χ3v) is 4.27. The highest BCUT2D eigenvalue weighted by atomic mass is 16.5. The second kappa shape index (κ2) is 6.90. The number of aryl methyl sites for hydroxylation is 2. The molecule has 0 spiro atoms. The quantitative estimate of drug-likeness (QED) is 0.927. The molecule has 1 saturated heterocycles.